The molecule has 0 spiro atoms. The standard InChI is InChI=1S/C15H22N2S/c1-4-10-17-12(3)13-6-8-15(9-7-13)18-14(5-2)11-16/h6-9,12,14,17H,4-5,10H2,1-3H3. The Morgan fingerprint density at radius 3 is 2.44 bits per heavy atom. The minimum absolute atomic E-state index is 0.0616. The molecule has 0 radical (unpaired) electrons. The van der Waals surface area contributed by atoms with E-state index in [-0.39, 0.29) is 5.25 Å². The Balaban J connectivity index is 2.59. The highest BCUT2D eigenvalue weighted by atomic mass is 32.2. The fraction of sp³-hybridized carbons (Fsp3) is 0.533. The van der Waals surface area contributed by atoms with Gasteiger partial charge in [-0.25, -0.2) is 0 Å². The molecule has 2 unspecified atom stereocenters. The number of hydrogen-bond donors (Lipinski definition) is 1. The van der Waals surface area contributed by atoms with E-state index in [9.17, 15) is 0 Å². The van der Waals surface area contributed by atoms with Crippen molar-refractivity contribution < 1.29 is 0 Å². The summed E-state index contributed by atoms with van der Waals surface area (Å²) in [5, 5.41) is 12.5. The lowest BCUT2D eigenvalue weighted by Gasteiger charge is -2.14. The fourth-order valence-corrected chi connectivity index (χ4v) is 2.52. The molecular formula is C15H22N2S. The lowest BCUT2D eigenvalue weighted by Crippen LogP contribution is -2.19. The number of rotatable bonds is 7. The van der Waals surface area contributed by atoms with Crippen molar-refractivity contribution in [3.05, 3.63) is 29.8 Å². The van der Waals surface area contributed by atoms with E-state index in [2.05, 4.69) is 49.5 Å². The van der Waals surface area contributed by atoms with Gasteiger partial charge in [0.2, 0.25) is 0 Å². The Hall–Kier alpha value is -0.980. The molecule has 1 aromatic carbocycles. The van der Waals surface area contributed by atoms with Gasteiger partial charge in [0, 0.05) is 10.9 Å². The Morgan fingerprint density at radius 1 is 1.28 bits per heavy atom. The highest BCUT2D eigenvalue weighted by molar-refractivity contribution is 8.00. The highest BCUT2D eigenvalue weighted by Crippen LogP contribution is 2.26. The van der Waals surface area contributed by atoms with E-state index in [1.54, 1.807) is 11.8 Å². The first-order valence-electron chi connectivity index (χ1n) is 6.60. The minimum Gasteiger partial charge on any atom is -0.310 e. The van der Waals surface area contributed by atoms with Crippen molar-refractivity contribution in [1.29, 1.82) is 5.26 Å². The molecular weight excluding hydrogens is 240 g/mol. The predicted molar refractivity (Wildman–Crippen MR) is 78.7 cm³/mol. The first-order chi connectivity index (χ1) is 8.71. The van der Waals surface area contributed by atoms with E-state index in [1.807, 2.05) is 6.92 Å². The third-order valence-corrected chi connectivity index (χ3v) is 4.14. The van der Waals surface area contributed by atoms with Crippen LogP contribution in [-0.2, 0) is 0 Å². The van der Waals surface area contributed by atoms with Crippen molar-refractivity contribution in [2.24, 2.45) is 0 Å². The van der Waals surface area contributed by atoms with Gasteiger partial charge in [0.1, 0.15) is 0 Å². The van der Waals surface area contributed by atoms with E-state index in [0.717, 1.165) is 19.4 Å². The van der Waals surface area contributed by atoms with Crippen LogP contribution in [-0.4, -0.2) is 11.8 Å². The van der Waals surface area contributed by atoms with Crippen LogP contribution in [0.4, 0.5) is 0 Å². The van der Waals surface area contributed by atoms with Crippen molar-refractivity contribution >= 4 is 11.8 Å². The molecule has 0 amide bonds. The van der Waals surface area contributed by atoms with Crippen LogP contribution in [0.15, 0.2) is 29.2 Å². The molecule has 0 aliphatic rings. The molecule has 3 heteroatoms. The van der Waals surface area contributed by atoms with Crippen molar-refractivity contribution in [2.45, 2.75) is 49.8 Å². The molecule has 2 nitrogen and oxygen atoms in total. The van der Waals surface area contributed by atoms with Gasteiger partial charge in [-0.3, -0.25) is 0 Å². The zero-order chi connectivity index (χ0) is 13.4. The zero-order valence-corrected chi connectivity index (χ0v) is 12.3. The lowest BCUT2D eigenvalue weighted by atomic mass is 10.1. The quantitative estimate of drug-likeness (QED) is 0.750. The van der Waals surface area contributed by atoms with Gasteiger partial charge in [0.15, 0.2) is 0 Å². The average Bonchev–Trinajstić information content (AvgIpc) is 2.42. The van der Waals surface area contributed by atoms with Gasteiger partial charge in [-0.1, -0.05) is 26.0 Å². The topological polar surface area (TPSA) is 35.8 Å². The minimum atomic E-state index is 0.0616. The molecule has 2 atom stereocenters. The lowest BCUT2D eigenvalue weighted by molar-refractivity contribution is 0.570. The molecule has 0 bridgehead atoms. The molecule has 0 saturated heterocycles. The maximum Gasteiger partial charge on any atom is 0.0961 e. The van der Waals surface area contributed by atoms with Gasteiger partial charge >= 0.3 is 0 Å². The molecule has 0 heterocycles. The molecule has 0 saturated carbocycles. The summed E-state index contributed by atoms with van der Waals surface area (Å²) < 4.78 is 0. The smallest absolute Gasteiger partial charge is 0.0961 e. The largest absolute Gasteiger partial charge is 0.310 e. The predicted octanol–water partition coefficient (Wildman–Crippen LogP) is 4.14. The van der Waals surface area contributed by atoms with Crippen molar-refractivity contribution in [2.75, 3.05) is 6.54 Å². The van der Waals surface area contributed by atoms with Crippen LogP contribution in [0, 0.1) is 11.3 Å². The molecule has 98 valence electrons. The summed E-state index contributed by atoms with van der Waals surface area (Å²) in [5.74, 6) is 0. The van der Waals surface area contributed by atoms with E-state index in [0.29, 0.717) is 6.04 Å². The van der Waals surface area contributed by atoms with Crippen molar-refractivity contribution in [1.82, 2.24) is 5.32 Å². The molecule has 18 heavy (non-hydrogen) atoms. The van der Waals surface area contributed by atoms with Gasteiger partial charge in [0.25, 0.3) is 0 Å². The van der Waals surface area contributed by atoms with Crippen LogP contribution in [0.5, 0.6) is 0 Å². The van der Waals surface area contributed by atoms with Gasteiger partial charge in [-0.2, -0.15) is 5.26 Å². The number of benzene rings is 1. The summed E-state index contributed by atoms with van der Waals surface area (Å²) >= 11 is 1.65. The van der Waals surface area contributed by atoms with Crippen LogP contribution < -0.4 is 5.32 Å². The highest BCUT2D eigenvalue weighted by Gasteiger charge is 2.08. The van der Waals surface area contributed by atoms with E-state index in [4.69, 9.17) is 5.26 Å². The second-order valence-electron chi connectivity index (χ2n) is 4.39. The third kappa shape index (κ3) is 4.72. The summed E-state index contributed by atoms with van der Waals surface area (Å²) in [6.07, 6.45) is 2.04. The summed E-state index contributed by atoms with van der Waals surface area (Å²) in [6, 6.07) is 11.2. The fourth-order valence-electron chi connectivity index (χ4n) is 1.68. The van der Waals surface area contributed by atoms with E-state index < -0.39 is 0 Å². The normalized spacial score (nSPS) is 13.9. The van der Waals surface area contributed by atoms with Crippen molar-refractivity contribution in [3.63, 3.8) is 0 Å². The monoisotopic (exact) mass is 262 g/mol. The summed E-state index contributed by atoms with van der Waals surface area (Å²) in [7, 11) is 0. The molecule has 1 N–H and O–H groups in total. The van der Waals surface area contributed by atoms with Gasteiger partial charge < -0.3 is 5.32 Å². The van der Waals surface area contributed by atoms with Crippen molar-refractivity contribution in [3.8, 4) is 6.07 Å². The van der Waals surface area contributed by atoms with Crippen LogP contribution >= 0.6 is 11.8 Å². The number of hydrogen-bond acceptors (Lipinski definition) is 3. The first kappa shape index (κ1) is 15.1. The number of thioether (sulfide) groups is 1. The van der Waals surface area contributed by atoms with Gasteiger partial charge in [0.05, 0.1) is 11.3 Å². The summed E-state index contributed by atoms with van der Waals surface area (Å²) in [6.45, 7) is 7.45. The maximum absolute atomic E-state index is 8.95. The Labute approximate surface area is 115 Å². The van der Waals surface area contributed by atoms with Gasteiger partial charge in [-0.05, 0) is 44.0 Å². The van der Waals surface area contributed by atoms with Gasteiger partial charge in [-0.15, -0.1) is 11.8 Å². The molecule has 0 aliphatic carbocycles. The van der Waals surface area contributed by atoms with Crippen LogP contribution in [0.1, 0.15) is 45.2 Å². The van der Waals surface area contributed by atoms with E-state index in [1.165, 1.54) is 10.5 Å². The SMILES string of the molecule is CCCNC(C)c1ccc(SC(C#N)CC)cc1. The number of nitrogens with one attached hydrogen (secondary N) is 1. The Bertz CT molecular complexity index is 380. The number of nitriles is 1. The number of nitrogens with zero attached hydrogens (tertiary/aromatic N) is 1. The molecule has 0 aromatic heterocycles. The van der Waals surface area contributed by atoms with E-state index >= 15 is 0 Å². The molecule has 0 aliphatic heterocycles. The van der Waals surface area contributed by atoms with Crippen LogP contribution in [0.25, 0.3) is 0 Å². The van der Waals surface area contributed by atoms with Crippen LogP contribution in [0.2, 0.25) is 0 Å². The molecule has 0 fully saturated rings. The molecule has 1 aromatic rings. The average molecular weight is 262 g/mol. The van der Waals surface area contributed by atoms with Crippen LogP contribution in [0.3, 0.4) is 0 Å². The summed E-state index contributed by atoms with van der Waals surface area (Å²) in [4.78, 5) is 1.18. The first-order valence-corrected chi connectivity index (χ1v) is 7.48. The second kappa shape index (κ2) is 8.18. The second-order valence-corrected chi connectivity index (χ2v) is 5.66. The third-order valence-electron chi connectivity index (χ3n) is 2.87. The zero-order valence-electron chi connectivity index (χ0n) is 11.4. The maximum atomic E-state index is 8.95. The summed E-state index contributed by atoms with van der Waals surface area (Å²) in [5.41, 5.74) is 1.30. The Kier molecular flexibility index (Phi) is 6.85. The Morgan fingerprint density at radius 2 is 1.94 bits per heavy atom. The molecule has 1 rings (SSSR count).